The molecule has 0 aliphatic rings. The molecule has 7 nitrogen and oxygen atoms in total. The highest BCUT2D eigenvalue weighted by Crippen LogP contribution is 2.19. The molecule has 24 heavy (non-hydrogen) atoms. The molecule has 3 rings (SSSR count). The first-order valence-corrected chi connectivity index (χ1v) is 7.31. The fourth-order valence-electron chi connectivity index (χ4n) is 2.44. The largest absolute Gasteiger partial charge is 0.366 e. The minimum atomic E-state index is -0.577. The van der Waals surface area contributed by atoms with Gasteiger partial charge in [0.1, 0.15) is 6.33 Å². The summed E-state index contributed by atoms with van der Waals surface area (Å²) in [5.74, 6) is 0.00109. The van der Waals surface area contributed by atoms with Gasteiger partial charge in [0.15, 0.2) is 5.82 Å². The summed E-state index contributed by atoms with van der Waals surface area (Å²) in [6.07, 6.45) is 6.02. The molecular formula is C17H16N6O. The molecule has 0 radical (unpaired) electrons. The van der Waals surface area contributed by atoms with E-state index < -0.39 is 5.91 Å². The Hall–Kier alpha value is -3.35. The van der Waals surface area contributed by atoms with Crippen molar-refractivity contribution in [1.29, 1.82) is 0 Å². The monoisotopic (exact) mass is 320 g/mol. The lowest BCUT2D eigenvalue weighted by Crippen LogP contribution is -2.14. The Morgan fingerprint density at radius 1 is 1.17 bits per heavy atom. The molecule has 7 heteroatoms. The zero-order valence-electron chi connectivity index (χ0n) is 13.3. The number of hydrogen-bond donors (Lipinski definition) is 1. The summed E-state index contributed by atoms with van der Waals surface area (Å²) in [6.45, 7) is 4.05. The van der Waals surface area contributed by atoms with E-state index in [1.807, 2.05) is 26.0 Å². The number of amides is 1. The van der Waals surface area contributed by atoms with Crippen LogP contribution in [0.25, 0.3) is 23.2 Å². The first-order chi connectivity index (χ1) is 11.5. The fraction of sp³-hybridized carbons (Fsp3) is 0.118. The van der Waals surface area contributed by atoms with Crippen LogP contribution in [-0.2, 0) is 4.79 Å². The van der Waals surface area contributed by atoms with Crippen molar-refractivity contribution in [3.05, 3.63) is 59.7 Å². The van der Waals surface area contributed by atoms with Gasteiger partial charge in [0.2, 0.25) is 0 Å². The van der Waals surface area contributed by atoms with E-state index in [1.165, 1.54) is 29.6 Å². The van der Waals surface area contributed by atoms with Gasteiger partial charge in [0.25, 0.3) is 5.91 Å². The first kappa shape index (κ1) is 15.5. The number of benzene rings is 1. The molecule has 0 fully saturated rings. The SMILES string of the molecule is Cc1cc(C)cc(-c2ncn(C=C(C(N)=O)c3ccnnc3)n2)c1. The number of aryl methyl sites for hydroxylation is 2. The van der Waals surface area contributed by atoms with Gasteiger partial charge in [-0.2, -0.15) is 10.2 Å². The Morgan fingerprint density at radius 2 is 1.92 bits per heavy atom. The molecule has 2 N–H and O–H groups in total. The molecule has 0 aliphatic carbocycles. The molecular weight excluding hydrogens is 304 g/mol. The van der Waals surface area contributed by atoms with Crippen molar-refractivity contribution < 1.29 is 4.79 Å². The summed E-state index contributed by atoms with van der Waals surface area (Å²) in [7, 11) is 0. The lowest BCUT2D eigenvalue weighted by atomic mass is 10.1. The quantitative estimate of drug-likeness (QED) is 0.739. The average molecular weight is 320 g/mol. The second-order valence-electron chi connectivity index (χ2n) is 5.46. The molecule has 120 valence electrons. The van der Waals surface area contributed by atoms with E-state index in [0.29, 0.717) is 11.4 Å². The van der Waals surface area contributed by atoms with Crippen LogP contribution in [0.15, 0.2) is 43.0 Å². The molecule has 0 spiro atoms. The maximum atomic E-state index is 11.7. The van der Waals surface area contributed by atoms with Gasteiger partial charge in [-0.15, -0.1) is 5.10 Å². The van der Waals surface area contributed by atoms with E-state index in [1.54, 1.807) is 6.07 Å². The highest BCUT2D eigenvalue weighted by Gasteiger charge is 2.10. The fourth-order valence-corrected chi connectivity index (χ4v) is 2.44. The lowest BCUT2D eigenvalue weighted by Gasteiger charge is -2.02. The maximum Gasteiger partial charge on any atom is 0.250 e. The van der Waals surface area contributed by atoms with Crippen LogP contribution in [0.1, 0.15) is 16.7 Å². The Balaban J connectivity index is 1.99. The minimum Gasteiger partial charge on any atom is -0.366 e. The maximum absolute atomic E-state index is 11.7. The number of aromatic nitrogens is 5. The van der Waals surface area contributed by atoms with E-state index in [4.69, 9.17) is 5.73 Å². The summed E-state index contributed by atoms with van der Waals surface area (Å²) < 4.78 is 1.47. The van der Waals surface area contributed by atoms with Crippen LogP contribution in [0.3, 0.4) is 0 Å². The van der Waals surface area contributed by atoms with Crippen molar-refractivity contribution >= 4 is 17.7 Å². The van der Waals surface area contributed by atoms with Gasteiger partial charge in [-0.25, -0.2) is 9.67 Å². The summed E-state index contributed by atoms with van der Waals surface area (Å²) in [4.78, 5) is 16.0. The molecule has 0 saturated heterocycles. The topological polar surface area (TPSA) is 99.6 Å². The van der Waals surface area contributed by atoms with Crippen molar-refractivity contribution in [1.82, 2.24) is 25.0 Å². The van der Waals surface area contributed by atoms with Crippen molar-refractivity contribution in [3.8, 4) is 11.4 Å². The molecule has 0 saturated carbocycles. The summed E-state index contributed by atoms with van der Waals surface area (Å²) in [5.41, 5.74) is 9.50. The van der Waals surface area contributed by atoms with Gasteiger partial charge >= 0.3 is 0 Å². The van der Waals surface area contributed by atoms with Crippen molar-refractivity contribution in [3.63, 3.8) is 0 Å². The van der Waals surface area contributed by atoms with Gasteiger partial charge < -0.3 is 5.73 Å². The lowest BCUT2D eigenvalue weighted by molar-refractivity contribution is -0.112. The van der Waals surface area contributed by atoms with Crippen molar-refractivity contribution in [2.45, 2.75) is 13.8 Å². The molecule has 2 heterocycles. The van der Waals surface area contributed by atoms with Crippen molar-refractivity contribution in [2.24, 2.45) is 5.73 Å². The van der Waals surface area contributed by atoms with E-state index in [-0.39, 0.29) is 5.57 Å². The van der Waals surface area contributed by atoms with E-state index in [0.717, 1.165) is 16.7 Å². The number of rotatable bonds is 4. The Kier molecular flexibility index (Phi) is 4.15. The molecule has 0 atom stereocenters. The third-order valence-electron chi connectivity index (χ3n) is 3.41. The predicted molar refractivity (Wildman–Crippen MR) is 90.3 cm³/mol. The van der Waals surface area contributed by atoms with Crippen LogP contribution in [0, 0.1) is 13.8 Å². The third-order valence-corrected chi connectivity index (χ3v) is 3.41. The number of hydrogen-bond acceptors (Lipinski definition) is 5. The Morgan fingerprint density at radius 3 is 2.54 bits per heavy atom. The van der Waals surface area contributed by atoms with Gasteiger partial charge in [-0.1, -0.05) is 17.2 Å². The highest BCUT2D eigenvalue weighted by molar-refractivity contribution is 6.22. The third kappa shape index (κ3) is 3.35. The van der Waals surface area contributed by atoms with E-state index in [9.17, 15) is 4.79 Å². The van der Waals surface area contributed by atoms with Gasteiger partial charge in [-0.3, -0.25) is 4.79 Å². The molecule has 0 unspecified atom stereocenters. The zero-order chi connectivity index (χ0) is 17.1. The first-order valence-electron chi connectivity index (χ1n) is 7.31. The van der Waals surface area contributed by atoms with Gasteiger partial charge in [-0.05, 0) is 32.0 Å². The van der Waals surface area contributed by atoms with E-state index >= 15 is 0 Å². The number of carbonyl (C=O) groups is 1. The van der Waals surface area contributed by atoms with Crippen LogP contribution in [0.4, 0.5) is 0 Å². The van der Waals surface area contributed by atoms with E-state index in [2.05, 4.69) is 26.3 Å². The minimum absolute atomic E-state index is 0.279. The van der Waals surface area contributed by atoms with Crippen molar-refractivity contribution in [2.75, 3.05) is 0 Å². The number of carbonyl (C=O) groups excluding carboxylic acids is 1. The number of nitrogens with two attached hydrogens (primary N) is 1. The molecule has 0 bridgehead atoms. The predicted octanol–water partition coefficient (Wildman–Crippen LogP) is 1.84. The van der Waals surface area contributed by atoms with Crippen LogP contribution in [-0.4, -0.2) is 30.9 Å². The second kappa shape index (κ2) is 6.41. The molecule has 0 aliphatic heterocycles. The van der Waals surface area contributed by atoms with Gasteiger partial charge in [0, 0.05) is 17.3 Å². The number of nitrogens with zero attached hydrogens (tertiary/aromatic N) is 5. The average Bonchev–Trinajstić information content (AvgIpc) is 3.01. The van der Waals surface area contributed by atoms with Crippen LogP contribution in [0.2, 0.25) is 0 Å². The Bertz CT molecular complexity index is 894. The zero-order valence-corrected chi connectivity index (χ0v) is 13.3. The normalized spacial score (nSPS) is 11.5. The standard InChI is InChI=1S/C17H16N6O/c1-11-5-12(2)7-14(6-11)17-19-10-23(22-17)9-15(16(18)24)13-3-4-20-21-8-13/h3-10H,1-2H3,(H2,18,24). The van der Waals surface area contributed by atoms with Crippen LogP contribution < -0.4 is 5.73 Å². The molecule has 3 aromatic rings. The summed E-state index contributed by atoms with van der Waals surface area (Å²) >= 11 is 0. The van der Waals surface area contributed by atoms with Crippen LogP contribution in [0.5, 0.6) is 0 Å². The summed E-state index contributed by atoms with van der Waals surface area (Å²) in [5, 5.41) is 11.8. The highest BCUT2D eigenvalue weighted by atomic mass is 16.1. The second-order valence-corrected chi connectivity index (χ2v) is 5.46. The Labute approximate surface area is 138 Å². The smallest absolute Gasteiger partial charge is 0.250 e. The molecule has 2 aromatic heterocycles. The molecule has 1 aromatic carbocycles. The number of primary amides is 1. The summed E-state index contributed by atoms with van der Waals surface area (Å²) in [6, 6.07) is 7.77. The molecule has 1 amide bonds. The van der Waals surface area contributed by atoms with Gasteiger partial charge in [0.05, 0.1) is 18.0 Å². The van der Waals surface area contributed by atoms with Crippen LogP contribution >= 0.6 is 0 Å².